The van der Waals surface area contributed by atoms with Crippen molar-refractivity contribution in [2.24, 2.45) is 7.05 Å². The van der Waals surface area contributed by atoms with Gasteiger partial charge >= 0.3 is 0 Å². The normalized spacial score (nSPS) is 15.9. The van der Waals surface area contributed by atoms with Crippen molar-refractivity contribution in [3.05, 3.63) is 47.5 Å². The predicted molar refractivity (Wildman–Crippen MR) is 109 cm³/mol. The van der Waals surface area contributed by atoms with Crippen LogP contribution in [0.2, 0.25) is 0 Å². The fourth-order valence-corrected chi connectivity index (χ4v) is 5.53. The number of para-hydroxylation sites is 2. The maximum absolute atomic E-state index is 4.57. The molecule has 132 valence electrons. The van der Waals surface area contributed by atoms with E-state index in [0.717, 1.165) is 5.52 Å². The highest BCUT2D eigenvalue weighted by Gasteiger charge is 2.32. The maximum atomic E-state index is 4.57. The Balaban J connectivity index is 1.88. The van der Waals surface area contributed by atoms with Gasteiger partial charge in [0.2, 0.25) is 0 Å². The topological polar surface area (TPSA) is 21.7 Å². The van der Waals surface area contributed by atoms with Crippen LogP contribution in [0.25, 0.3) is 32.6 Å². The Labute approximate surface area is 157 Å². The molecule has 5 rings (SSSR count). The van der Waals surface area contributed by atoms with E-state index in [1.54, 1.807) is 11.3 Å². The van der Waals surface area contributed by atoms with Crippen LogP contribution in [0.1, 0.15) is 43.7 Å². The molecule has 4 heteroatoms. The fraction of sp³-hybridized carbons (Fsp3) is 0.364. The van der Waals surface area contributed by atoms with E-state index in [0.29, 0.717) is 6.04 Å². The van der Waals surface area contributed by atoms with E-state index in [1.807, 2.05) is 5.51 Å². The zero-order valence-electron chi connectivity index (χ0n) is 15.4. The number of hydrogen-bond donors (Lipinski definition) is 0. The lowest BCUT2D eigenvalue weighted by Gasteiger charge is -2.21. The van der Waals surface area contributed by atoms with Crippen LogP contribution in [-0.2, 0) is 7.05 Å². The van der Waals surface area contributed by atoms with E-state index in [4.69, 9.17) is 0 Å². The Morgan fingerprint density at radius 3 is 2.73 bits per heavy atom. The van der Waals surface area contributed by atoms with Crippen molar-refractivity contribution in [1.29, 1.82) is 0 Å². The average Bonchev–Trinajstić information content (AvgIpc) is 3.26. The summed E-state index contributed by atoms with van der Waals surface area (Å²) in [4.78, 5) is 4.57. The molecule has 0 atom stereocenters. The van der Waals surface area contributed by atoms with Crippen LogP contribution < -0.4 is 4.57 Å². The Hall–Kier alpha value is -2.20. The summed E-state index contributed by atoms with van der Waals surface area (Å²) < 4.78 is 6.34. The van der Waals surface area contributed by atoms with Gasteiger partial charge < -0.3 is 0 Å². The number of aromatic nitrogens is 3. The zero-order chi connectivity index (χ0) is 17.7. The van der Waals surface area contributed by atoms with E-state index < -0.39 is 0 Å². The molecule has 2 aromatic heterocycles. The largest absolute Gasteiger partial charge is 0.291 e. The first kappa shape index (κ1) is 16.0. The molecule has 4 aromatic rings. The summed E-state index contributed by atoms with van der Waals surface area (Å²) in [5.74, 6) is 1.34. The van der Waals surface area contributed by atoms with Crippen molar-refractivity contribution < 1.29 is 4.57 Å². The molecule has 3 nitrogen and oxygen atoms in total. The number of thiazole rings is 1. The van der Waals surface area contributed by atoms with E-state index in [2.05, 4.69) is 64.5 Å². The maximum Gasteiger partial charge on any atom is 0.291 e. The number of aryl methyl sites for hydroxylation is 2. The van der Waals surface area contributed by atoms with Gasteiger partial charge in [0.05, 0.1) is 28.3 Å². The van der Waals surface area contributed by atoms with Gasteiger partial charge in [0, 0.05) is 0 Å². The van der Waals surface area contributed by atoms with Crippen LogP contribution in [0.3, 0.4) is 0 Å². The summed E-state index contributed by atoms with van der Waals surface area (Å²) >= 11 is 1.76. The van der Waals surface area contributed by atoms with Crippen molar-refractivity contribution in [2.45, 2.75) is 45.1 Å². The van der Waals surface area contributed by atoms with Gasteiger partial charge in [0.25, 0.3) is 5.82 Å². The van der Waals surface area contributed by atoms with Crippen LogP contribution >= 0.6 is 11.3 Å². The van der Waals surface area contributed by atoms with Crippen molar-refractivity contribution in [1.82, 2.24) is 9.55 Å². The molecule has 0 amide bonds. The van der Waals surface area contributed by atoms with Crippen LogP contribution in [0, 0.1) is 6.92 Å². The second-order valence-electron chi connectivity index (χ2n) is 7.49. The Kier molecular flexibility index (Phi) is 3.82. The molecule has 1 aliphatic carbocycles. The van der Waals surface area contributed by atoms with Gasteiger partial charge in [-0.2, -0.15) is 0 Å². The van der Waals surface area contributed by atoms with Gasteiger partial charge in [-0.3, -0.25) is 0 Å². The monoisotopic (exact) mass is 362 g/mol. The van der Waals surface area contributed by atoms with Crippen LogP contribution in [0.4, 0.5) is 0 Å². The number of nitrogens with zero attached hydrogens (tertiary/aromatic N) is 3. The van der Waals surface area contributed by atoms with Crippen molar-refractivity contribution >= 4 is 32.6 Å². The lowest BCUT2D eigenvalue weighted by atomic mass is 9.94. The second-order valence-corrected chi connectivity index (χ2v) is 8.35. The predicted octanol–water partition coefficient (Wildman–Crippen LogP) is 5.56. The van der Waals surface area contributed by atoms with Crippen LogP contribution in [-0.4, -0.2) is 9.55 Å². The molecule has 1 aliphatic rings. The number of fused-ring (bicyclic) bond motifs is 2. The van der Waals surface area contributed by atoms with E-state index in [-0.39, 0.29) is 0 Å². The third kappa shape index (κ3) is 2.32. The summed E-state index contributed by atoms with van der Waals surface area (Å²) in [6.45, 7) is 2.23. The first-order valence-corrected chi connectivity index (χ1v) is 10.5. The molecule has 26 heavy (non-hydrogen) atoms. The first-order chi connectivity index (χ1) is 12.8. The molecule has 2 heterocycles. The molecule has 1 fully saturated rings. The van der Waals surface area contributed by atoms with E-state index in [1.165, 1.54) is 64.8 Å². The quantitative estimate of drug-likeness (QED) is 0.428. The molecule has 0 saturated heterocycles. The first-order valence-electron chi connectivity index (χ1n) is 9.58. The third-order valence-corrected chi connectivity index (χ3v) is 6.78. The van der Waals surface area contributed by atoms with Gasteiger partial charge in [-0.05, 0) is 56.4 Å². The standard InChI is InChI=1S/C22H24N3S/c1-15-12-13-17-21(26-14-23-17)20(15)22-24(2)18-10-6-7-11-19(18)25(22)16-8-4-3-5-9-16/h6-7,10-14,16H,3-5,8-9H2,1-2H3/q+1. The summed E-state index contributed by atoms with van der Waals surface area (Å²) in [6, 6.07) is 13.8. The Morgan fingerprint density at radius 1 is 1.08 bits per heavy atom. The molecule has 0 N–H and O–H groups in total. The van der Waals surface area contributed by atoms with Crippen molar-refractivity contribution in [2.75, 3.05) is 0 Å². The van der Waals surface area contributed by atoms with Crippen LogP contribution in [0.15, 0.2) is 41.9 Å². The van der Waals surface area contributed by atoms with Gasteiger partial charge in [0.15, 0.2) is 11.0 Å². The lowest BCUT2D eigenvalue weighted by molar-refractivity contribution is -0.634. The summed E-state index contributed by atoms with van der Waals surface area (Å²) in [7, 11) is 2.22. The average molecular weight is 363 g/mol. The van der Waals surface area contributed by atoms with Gasteiger partial charge in [-0.1, -0.05) is 24.6 Å². The minimum atomic E-state index is 0.590. The third-order valence-electron chi connectivity index (χ3n) is 5.92. The van der Waals surface area contributed by atoms with Crippen molar-refractivity contribution in [3.63, 3.8) is 0 Å². The van der Waals surface area contributed by atoms with E-state index >= 15 is 0 Å². The molecule has 0 radical (unpaired) electrons. The number of hydrogen-bond acceptors (Lipinski definition) is 2. The molecule has 1 saturated carbocycles. The summed E-state index contributed by atoms with van der Waals surface area (Å²) in [5.41, 5.74) is 8.44. The smallest absolute Gasteiger partial charge is 0.245 e. The fourth-order valence-electron chi connectivity index (χ4n) is 4.64. The SMILES string of the molecule is Cc1ccc2ncsc2c1-c1n(C2CCCCC2)c2ccccc2[n+]1C. The summed E-state index contributed by atoms with van der Waals surface area (Å²) in [5, 5.41) is 0. The van der Waals surface area contributed by atoms with Crippen LogP contribution in [0.5, 0.6) is 0 Å². The Bertz CT molecular complexity index is 1100. The van der Waals surface area contributed by atoms with Crippen molar-refractivity contribution in [3.8, 4) is 11.4 Å². The number of rotatable bonds is 2. The Morgan fingerprint density at radius 2 is 1.88 bits per heavy atom. The number of imidazole rings is 1. The second kappa shape index (κ2) is 6.20. The van der Waals surface area contributed by atoms with Gasteiger partial charge in [-0.15, -0.1) is 11.3 Å². The number of benzene rings is 2. The molecular formula is C22H24N3S+. The van der Waals surface area contributed by atoms with Gasteiger partial charge in [-0.25, -0.2) is 14.1 Å². The highest BCUT2D eigenvalue weighted by molar-refractivity contribution is 7.17. The molecule has 2 aromatic carbocycles. The van der Waals surface area contributed by atoms with Gasteiger partial charge in [0.1, 0.15) is 6.04 Å². The minimum absolute atomic E-state index is 0.590. The summed E-state index contributed by atoms with van der Waals surface area (Å²) in [6.07, 6.45) is 6.61. The molecule has 0 spiro atoms. The molecule has 0 unspecified atom stereocenters. The highest BCUT2D eigenvalue weighted by Crippen LogP contribution is 2.39. The minimum Gasteiger partial charge on any atom is -0.245 e. The lowest BCUT2D eigenvalue weighted by Crippen LogP contribution is -2.31. The molecule has 0 bridgehead atoms. The zero-order valence-corrected chi connectivity index (χ0v) is 16.2. The molecule has 0 aliphatic heterocycles. The molecular weight excluding hydrogens is 338 g/mol. The van der Waals surface area contributed by atoms with E-state index in [9.17, 15) is 0 Å². The highest BCUT2D eigenvalue weighted by atomic mass is 32.1.